The van der Waals surface area contributed by atoms with E-state index < -0.39 is 0 Å². The summed E-state index contributed by atoms with van der Waals surface area (Å²) in [4.78, 5) is 4.28. The molecule has 2 N–H and O–H groups in total. The second-order valence-electron chi connectivity index (χ2n) is 6.34. The van der Waals surface area contributed by atoms with Crippen LogP contribution in [0, 0.1) is 0 Å². The van der Waals surface area contributed by atoms with E-state index in [0.29, 0.717) is 6.61 Å². The van der Waals surface area contributed by atoms with E-state index in [4.69, 9.17) is 9.47 Å². The zero-order valence-corrected chi connectivity index (χ0v) is 20.0. The molecule has 7 heteroatoms. The quantitative estimate of drug-likeness (QED) is 0.223. The molecule has 0 aliphatic carbocycles. The molecule has 0 aliphatic heterocycles. The summed E-state index contributed by atoms with van der Waals surface area (Å²) in [7, 11) is 3.47. The molecule has 0 spiro atoms. The van der Waals surface area contributed by atoms with E-state index in [9.17, 15) is 0 Å². The highest BCUT2D eigenvalue weighted by atomic mass is 127. The van der Waals surface area contributed by atoms with Crippen molar-refractivity contribution in [2.24, 2.45) is 4.99 Å². The summed E-state index contributed by atoms with van der Waals surface area (Å²) < 4.78 is 11.1. The van der Waals surface area contributed by atoms with Crippen LogP contribution in [0.3, 0.4) is 0 Å². The van der Waals surface area contributed by atoms with Crippen LogP contribution >= 0.6 is 35.7 Å². The first-order valence-corrected chi connectivity index (χ1v) is 9.97. The van der Waals surface area contributed by atoms with Gasteiger partial charge in [0.05, 0.1) is 13.7 Å². The fraction of sp³-hybridized carbons (Fsp3) is 0.632. The lowest BCUT2D eigenvalue weighted by Gasteiger charge is -2.23. The predicted octanol–water partition coefficient (Wildman–Crippen LogP) is 3.95. The Morgan fingerprint density at radius 2 is 1.96 bits per heavy atom. The van der Waals surface area contributed by atoms with Gasteiger partial charge in [-0.2, -0.15) is 11.8 Å². The molecule has 0 bridgehead atoms. The molecule has 26 heavy (non-hydrogen) atoms. The highest BCUT2D eigenvalue weighted by molar-refractivity contribution is 14.0. The summed E-state index contributed by atoms with van der Waals surface area (Å²) >= 11 is 1.85. The molecule has 0 saturated carbocycles. The van der Waals surface area contributed by atoms with Crippen LogP contribution in [0.15, 0.2) is 23.2 Å². The summed E-state index contributed by atoms with van der Waals surface area (Å²) in [6.07, 6.45) is 4.12. The number of ether oxygens (including phenoxy) is 2. The van der Waals surface area contributed by atoms with Gasteiger partial charge in [-0.25, -0.2) is 0 Å². The number of methoxy groups -OCH3 is 1. The third-order valence-corrected chi connectivity index (χ3v) is 5.17. The van der Waals surface area contributed by atoms with Crippen LogP contribution in [0.5, 0.6) is 11.5 Å². The first-order chi connectivity index (χ1) is 12.0. The maximum Gasteiger partial charge on any atom is 0.191 e. The van der Waals surface area contributed by atoms with Crippen LogP contribution in [0.2, 0.25) is 0 Å². The minimum atomic E-state index is 0. The summed E-state index contributed by atoms with van der Waals surface area (Å²) in [5.41, 5.74) is 1.25. The van der Waals surface area contributed by atoms with Gasteiger partial charge in [-0.15, -0.1) is 24.0 Å². The van der Waals surface area contributed by atoms with Gasteiger partial charge >= 0.3 is 0 Å². The van der Waals surface area contributed by atoms with Gasteiger partial charge in [-0.05, 0) is 57.6 Å². The number of nitrogens with one attached hydrogen (secondary N) is 2. The highest BCUT2D eigenvalue weighted by Gasteiger charge is 2.15. The molecule has 0 fully saturated rings. The lowest BCUT2D eigenvalue weighted by atomic mass is 10.1. The van der Waals surface area contributed by atoms with Gasteiger partial charge in [0.25, 0.3) is 0 Å². The first-order valence-electron chi connectivity index (χ1n) is 8.75. The van der Waals surface area contributed by atoms with Crippen molar-refractivity contribution in [3.63, 3.8) is 0 Å². The first kappa shape index (κ1) is 25.2. The molecule has 1 aromatic rings. The Labute approximate surface area is 180 Å². The van der Waals surface area contributed by atoms with Gasteiger partial charge in [0.15, 0.2) is 17.5 Å². The van der Waals surface area contributed by atoms with Gasteiger partial charge in [0, 0.05) is 24.9 Å². The lowest BCUT2D eigenvalue weighted by Crippen LogP contribution is -2.43. The summed E-state index contributed by atoms with van der Waals surface area (Å²) in [6, 6.07) is 6.13. The number of aryl methyl sites for hydroxylation is 1. The molecule has 0 aliphatic rings. The number of guanidine groups is 1. The van der Waals surface area contributed by atoms with Crippen molar-refractivity contribution in [1.82, 2.24) is 10.6 Å². The van der Waals surface area contributed by atoms with Crippen molar-refractivity contribution in [2.45, 2.75) is 38.4 Å². The molecule has 1 rings (SSSR count). The topological polar surface area (TPSA) is 54.9 Å². The largest absolute Gasteiger partial charge is 0.493 e. The third-order valence-electron chi connectivity index (χ3n) is 3.92. The minimum Gasteiger partial charge on any atom is -0.493 e. The molecule has 0 atom stereocenters. The standard InChI is InChI=1S/C19H33N3O2S.HI/c1-7-24-17-13-15(10-11-16(17)23-5)9-8-12-21-18(20-4)22-14-19(2,3)25-6;/h10-11,13H,7-9,12,14H2,1-6H3,(H2,20,21,22);1H. The second kappa shape index (κ2) is 13.4. The molecule has 5 nitrogen and oxygen atoms in total. The van der Waals surface area contributed by atoms with Crippen molar-refractivity contribution >= 4 is 41.7 Å². The molecule has 0 aromatic heterocycles. The van der Waals surface area contributed by atoms with E-state index in [1.807, 2.05) is 24.8 Å². The van der Waals surface area contributed by atoms with E-state index in [1.165, 1.54) is 5.56 Å². The van der Waals surface area contributed by atoms with Crippen LogP contribution in [0.4, 0.5) is 0 Å². The fourth-order valence-electron chi connectivity index (χ4n) is 2.23. The molecule has 0 heterocycles. The number of rotatable bonds is 10. The number of aliphatic imine (C=N–C) groups is 1. The van der Waals surface area contributed by atoms with Crippen LogP contribution < -0.4 is 20.1 Å². The monoisotopic (exact) mass is 495 g/mol. The summed E-state index contributed by atoms with van der Waals surface area (Å²) in [5, 5.41) is 6.75. The van der Waals surface area contributed by atoms with Crippen molar-refractivity contribution in [3.05, 3.63) is 23.8 Å². The Morgan fingerprint density at radius 3 is 2.54 bits per heavy atom. The third kappa shape index (κ3) is 9.21. The highest BCUT2D eigenvalue weighted by Crippen LogP contribution is 2.28. The number of benzene rings is 1. The number of hydrogen-bond donors (Lipinski definition) is 2. The zero-order valence-electron chi connectivity index (χ0n) is 16.8. The Bertz CT molecular complexity index is 554. The van der Waals surface area contributed by atoms with Crippen molar-refractivity contribution in [3.8, 4) is 11.5 Å². The molecule has 150 valence electrons. The van der Waals surface area contributed by atoms with Crippen molar-refractivity contribution < 1.29 is 9.47 Å². The molecular formula is C19H34IN3O2S. The van der Waals surface area contributed by atoms with Gasteiger partial charge in [0.1, 0.15) is 0 Å². The number of nitrogens with zero attached hydrogens (tertiary/aromatic N) is 1. The number of halogens is 1. The summed E-state index contributed by atoms with van der Waals surface area (Å²) in [6.45, 7) is 8.80. The van der Waals surface area contributed by atoms with Crippen molar-refractivity contribution in [2.75, 3.05) is 40.1 Å². The lowest BCUT2D eigenvalue weighted by molar-refractivity contribution is 0.310. The number of hydrogen-bond acceptors (Lipinski definition) is 4. The SMILES string of the molecule is CCOc1cc(CCCNC(=NC)NCC(C)(C)SC)ccc1OC.I. The number of thioether (sulfide) groups is 1. The van der Waals surface area contributed by atoms with Gasteiger partial charge < -0.3 is 20.1 Å². The Morgan fingerprint density at radius 1 is 1.23 bits per heavy atom. The summed E-state index contributed by atoms with van der Waals surface area (Å²) in [5.74, 6) is 2.45. The molecule has 0 saturated heterocycles. The van der Waals surface area contributed by atoms with E-state index >= 15 is 0 Å². The van der Waals surface area contributed by atoms with E-state index in [2.05, 4.69) is 47.9 Å². The molecule has 1 aromatic carbocycles. The molecule has 0 amide bonds. The van der Waals surface area contributed by atoms with Crippen LogP contribution in [-0.4, -0.2) is 50.8 Å². The zero-order chi connectivity index (χ0) is 18.7. The maximum atomic E-state index is 5.63. The average molecular weight is 495 g/mol. The normalized spacial score (nSPS) is 11.5. The smallest absolute Gasteiger partial charge is 0.191 e. The molecule has 0 radical (unpaired) electrons. The van der Waals surface area contributed by atoms with Crippen LogP contribution in [0.1, 0.15) is 32.8 Å². The van der Waals surface area contributed by atoms with Crippen LogP contribution in [0.25, 0.3) is 0 Å². The Kier molecular flexibility index (Phi) is 12.9. The maximum absolute atomic E-state index is 5.63. The average Bonchev–Trinajstić information content (AvgIpc) is 2.61. The predicted molar refractivity (Wildman–Crippen MR) is 125 cm³/mol. The van der Waals surface area contributed by atoms with Gasteiger partial charge in [-0.1, -0.05) is 6.07 Å². The Hall–Kier alpha value is -0.830. The van der Waals surface area contributed by atoms with Gasteiger partial charge in [0.2, 0.25) is 0 Å². The fourth-order valence-corrected chi connectivity index (χ4v) is 2.45. The van der Waals surface area contributed by atoms with Crippen LogP contribution in [-0.2, 0) is 6.42 Å². The molecular weight excluding hydrogens is 461 g/mol. The van der Waals surface area contributed by atoms with Crippen molar-refractivity contribution in [1.29, 1.82) is 0 Å². The van der Waals surface area contributed by atoms with Gasteiger partial charge in [-0.3, -0.25) is 4.99 Å². The Balaban J connectivity index is 0.00000625. The minimum absolute atomic E-state index is 0. The van der Waals surface area contributed by atoms with E-state index in [1.54, 1.807) is 14.2 Å². The van der Waals surface area contributed by atoms with E-state index in [0.717, 1.165) is 43.4 Å². The van der Waals surface area contributed by atoms with E-state index in [-0.39, 0.29) is 28.7 Å². The molecule has 0 unspecified atom stereocenters. The second-order valence-corrected chi connectivity index (χ2v) is 7.85.